The first-order valence-corrected chi connectivity index (χ1v) is 6.66. The number of aryl methyl sites for hydroxylation is 1. The molecule has 1 aromatic heterocycles. The third kappa shape index (κ3) is 3.33. The molecule has 2 aromatic rings. The summed E-state index contributed by atoms with van der Waals surface area (Å²) in [6.07, 6.45) is 0. The largest absolute Gasteiger partial charge is 0.368 e. The molecule has 106 valence electrons. The van der Waals surface area contributed by atoms with Gasteiger partial charge in [0.1, 0.15) is 5.82 Å². The molecule has 0 aliphatic rings. The highest BCUT2D eigenvalue weighted by Gasteiger charge is 2.12. The van der Waals surface area contributed by atoms with Crippen molar-refractivity contribution in [3.05, 3.63) is 59.2 Å². The number of benzene rings is 1. The number of aromatic nitrogens is 1. The Labute approximate surface area is 119 Å². The standard InChI is InChI=1S/C16H20FN3/c1-11-5-4-6-14(19-11)10-20(3)16-8-7-13(17)9-15(16)12(2)18/h4-9,12H,10,18H2,1-3H3. The van der Waals surface area contributed by atoms with E-state index >= 15 is 0 Å². The first-order chi connectivity index (χ1) is 9.47. The SMILES string of the molecule is Cc1cccc(CN(C)c2ccc(F)cc2C(C)N)n1. The Morgan fingerprint density at radius 1 is 1.30 bits per heavy atom. The highest BCUT2D eigenvalue weighted by Crippen LogP contribution is 2.26. The van der Waals surface area contributed by atoms with Gasteiger partial charge in [-0.3, -0.25) is 4.98 Å². The predicted molar refractivity (Wildman–Crippen MR) is 80.1 cm³/mol. The van der Waals surface area contributed by atoms with Gasteiger partial charge in [0, 0.05) is 24.5 Å². The van der Waals surface area contributed by atoms with Crippen molar-refractivity contribution in [3.63, 3.8) is 0 Å². The number of pyridine rings is 1. The van der Waals surface area contributed by atoms with Gasteiger partial charge in [-0.15, -0.1) is 0 Å². The summed E-state index contributed by atoms with van der Waals surface area (Å²) >= 11 is 0. The number of nitrogens with two attached hydrogens (primary N) is 1. The minimum absolute atomic E-state index is 0.214. The van der Waals surface area contributed by atoms with Gasteiger partial charge in [-0.2, -0.15) is 0 Å². The Hall–Kier alpha value is -1.94. The summed E-state index contributed by atoms with van der Waals surface area (Å²) in [5.41, 5.74) is 9.64. The fourth-order valence-electron chi connectivity index (χ4n) is 2.25. The number of hydrogen-bond donors (Lipinski definition) is 1. The Morgan fingerprint density at radius 3 is 2.70 bits per heavy atom. The van der Waals surface area contributed by atoms with Crippen molar-refractivity contribution in [2.75, 3.05) is 11.9 Å². The number of nitrogens with zero attached hydrogens (tertiary/aromatic N) is 2. The molecule has 1 atom stereocenters. The molecule has 1 heterocycles. The zero-order valence-corrected chi connectivity index (χ0v) is 12.1. The number of anilines is 1. The third-order valence-electron chi connectivity index (χ3n) is 3.24. The van der Waals surface area contributed by atoms with Crippen molar-refractivity contribution < 1.29 is 4.39 Å². The van der Waals surface area contributed by atoms with Gasteiger partial charge in [-0.05, 0) is 49.7 Å². The Morgan fingerprint density at radius 2 is 2.05 bits per heavy atom. The van der Waals surface area contributed by atoms with Crippen LogP contribution in [0.3, 0.4) is 0 Å². The minimum atomic E-state index is -0.261. The second kappa shape index (κ2) is 6.01. The van der Waals surface area contributed by atoms with Crippen LogP contribution >= 0.6 is 0 Å². The lowest BCUT2D eigenvalue weighted by Gasteiger charge is -2.24. The maximum absolute atomic E-state index is 13.4. The topological polar surface area (TPSA) is 42.1 Å². The van der Waals surface area contributed by atoms with E-state index in [0.29, 0.717) is 6.54 Å². The van der Waals surface area contributed by atoms with E-state index in [9.17, 15) is 4.39 Å². The summed E-state index contributed by atoms with van der Waals surface area (Å²) < 4.78 is 13.4. The van der Waals surface area contributed by atoms with Gasteiger partial charge in [-0.25, -0.2) is 4.39 Å². The van der Waals surface area contributed by atoms with E-state index in [1.54, 1.807) is 6.07 Å². The summed E-state index contributed by atoms with van der Waals surface area (Å²) in [7, 11) is 1.96. The molecule has 0 spiro atoms. The first-order valence-electron chi connectivity index (χ1n) is 6.66. The fraction of sp³-hybridized carbons (Fsp3) is 0.312. The molecule has 1 unspecified atom stereocenters. The first kappa shape index (κ1) is 14.5. The molecule has 0 aliphatic heterocycles. The van der Waals surface area contributed by atoms with Crippen molar-refractivity contribution in [3.8, 4) is 0 Å². The molecule has 0 saturated carbocycles. The molecule has 0 saturated heterocycles. The van der Waals surface area contributed by atoms with E-state index in [2.05, 4.69) is 4.98 Å². The zero-order chi connectivity index (χ0) is 14.7. The smallest absolute Gasteiger partial charge is 0.123 e. The monoisotopic (exact) mass is 273 g/mol. The van der Waals surface area contributed by atoms with Crippen LogP contribution in [0.15, 0.2) is 36.4 Å². The van der Waals surface area contributed by atoms with E-state index in [4.69, 9.17) is 5.73 Å². The maximum Gasteiger partial charge on any atom is 0.123 e. The van der Waals surface area contributed by atoms with Crippen LogP contribution in [0, 0.1) is 12.7 Å². The summed E-state index contributed by atoms with van der Waals surface area (Å²) in [4.78, 5) is 6.53. The van der Waals surface area contributed by atoms with Crippen LogP contribution in [0.25, 0.3) is 0 Å². The molecule has 2 N–H and O–H groups in total. The molecule has 3 nitrogen and oxygen atoms in total. The Balaban J connectivity index is 2.27. The molecule has 4 heteroatoms. The molecule has 0 amide bonds. The number of rotatable bonds is 4. The van der Waals surface area contributed by atoms with E-state index in [1.165, 1.54) is 12.1 Å². The van der Waals surface area contributed by atoms with Gasteiger partial charge in [-0.1, -0.05) is 6.07 Å². The van der Waals surface area contributed by atoms with Crippen LogP contribution in [0.1, 0.15) is 29.9 Å². The highest BCUT2D eigenvalue weighted by molar-refractivity contribution is 5.54. The normalized spacial score (nSPS) is 12.2. The number of hydrogen-bond acceptors (Lipinski definition) is 3. The van der Waals surface area contributed by atoms with Crippen molar-refractivity contribution in [1.82, 2.24) is 4.98 Å². The Bertz CT molecular complexity index is 596. The maximum atomic E-state index is 13.4. The van der Waals surface area contributed by atoms with E-state index in [1.807, 2.05) is 44.0 Å². The molecular weight excluding hydrogens is 253 g/mol. The van der Waals surface area contributed by atoms with E-state index in [-0.39, 0.29) is 11.9 Å². The van der Waals surface area contributed by atoms with Crippen molar-refractivity contribution >= 4 is 5.69 Å². The van der Waals surface area contributed by atoms with Gasteiger partial charge < -0.3 is 10.6 Å². The third-order valence-corrected chi connectivity index (χ3v) is 3.24. The highest BCUT2D eigenvalue weighted by atomic mass is 19.1. The van der Waals surface area contributed by atoms with Gasteiger partial charge in [0.25, 0.3) is 0 Å². The average molecular weight is 273 g/mol. The molecule has 0 fully saturated rings. The van der Waals surface area contributed by atoms with Crippen molar-refractivity contribution in [1.29, 1.82) is 0 Å². The molecule has 0 aliphatic carbocycles. The molecular formula is C16H20FN3. The second-order valence-electron chi connectivity index (χ2n) is 5.12. The van der Waals surface area contributed by atoms with Crippen LogP contribution < -0.4 is 10.6 Å². The molecule has 2 rings (SSSR count). The van der Waals surface area contributed by atoms with Crippen LogP contribution in [0.4, 0.5) is 10.1 Å². The molecule has 1 aromatic carbocycles. The fourth-order valence-corrected chi connectivity index (χ4v) is 2.25. The van der Waals surface area contributed by atoms with Gasteiger partial charge in [0.2, 0.25) is 0 Å². The van der Waals surface area contributed by atoms with Crippen LogP contribution in [0.2, 0.25) is 0 Å². The lowest BCUT2D eigenvalue weighted by Crippen LogP contribution is -2.21. The Kier molecular flexibility index (Phi) is 4.35. The zero-order valence-electron chi connectivity index (χ0n) is 12.1. The van der Waals surface area contributed by atoms with Gasteiger partial charge >= 0.3 is 0 Å². The molecule has 0 bridgehead atoms. The van der Waals surface area contributed by atoms with Crippen molar-refractivity contribution in [2.24, 2.45) is 5.73 Å². The van der Waals surface area contributed by atoms with Gasteiger partial charge in [0.15, 0.2) is 0 Å². The number of halogens is 1. The van der Waals surface area contributed by atoms with Crippen LogP contribution in [-0.4, -0.2) is 12.0 Å². The summed E-state index contributed by atoms with van der Waals surface area (Å²) in [6.45, 7) is 4.48. The lowest BCUT2D eigenvalue weighted by atomic mass is 10.1. The lowest BCUT2D eigenvalue weighted by molar-refractivity contribution is 0.621. The van der Waals surface area contributed by atoms with Gasteiger partial charge in [0.05, 0.1) is 12.2 Å². The molecule has 0 radical (unpaired) electrons. The van der Waals surface area contributed by atoms with Crippen molar-refractivity contribution in [2.45, 2.75) is 26.4 Å². The van der Waals surface area contributed by atoms with Crippen LogP contribution in [-0.2, 0) is 6.54 Å². The van der Waals surface area contributed by atoms with E-state index in [0.717, 1.165) is 22.6 Å². The summed E-state index contributed by atoms with van der Waals surface area (Å²) in [5, 5.41) is 0. The average Bonchev–Trinajstić information content (AvgIpc) is 2.38. The predicted octanol–water partition coefficient (Wildman–Crippen LogP) is 3.19. The van der Waals surface area contributed by atoms with Crippen LogP contribution in [0.5, 0.6) is 0 Å². The quantitative estimate of drug-likeness (QED) is 0.930. The summed E-state index contributed by atoms with van der Waals surface area (Å²) in [6, 6.07) is 10.5. The second-order valence-corrected chi connectivity index (χ2v) is 5.12. The minimum Gasteiger partial charge on any atom is -0.368 e. The molecule has 20 heavy (non-hydrogen) atoms. The van der Waals surface area contributed by atoms with E-state index < -0.39 is 0 Å². The summed E-state index contributed by atoms with van der Waals surface area (Å²) in [5.74, 6) is -0.261.